The molecule has 82 valence electrons. The summed E-state index contributed by atoms with van der Waals surface area (Å²) in [5, 5.41) is 3.60. The molecule has 1 saturated carbocycles. The molecule has 1 aliphatic heterocycles. The largest absolute Gasteiger partial charge is 0.469 e. The molecule has 1 aromatic heterocycles. The van der Waals surface area contributed by atoms with Crippen LogP contribution in [-0.2, 0) is 6.42 Å². The number of fused-ring (bicyclic) bond motifs is 1. The van der Waals surface area contributed by atoms with E-state index in [1.807, 2.05) is 6.26 Å². The van der Waals surface area contributed by atoms with Gasteiger partial charge in [0.1, 0.15) is 5.76 Å². The fourth-order valence-electron chi connectivity index (χ4n) is 2.61. The third kappa shape index (κ3) is 2.10. The van der Waals surface area contributed by atoms with E-state index in [0.717, 1.165) is 18.9 Å². The maximum atomic E-state index is 5.49. The van der Waals surface area contributed by atoms with Crippen molar-refractivity contribution in [3.8, 4) is 0 Å². The molecule has 2 heteroatoms. The molecule has 0 bridgehead atoms. The van der Waals surface area contributed by atoms with Gasteiger partial charge in [-0.2, -0.15) is 0 Å². The molecule has 3 rings (SSSR count). The summed E-state index contributed by atoms with van der Waals surface area (Å²) in [7, 11) is 0. The first-order valence-corrected chi connectivity index (χ1v) is 6.23. The molecule has 0 amide bonds. The van der Waals surface area contributed by atoms with Gasteiger partial charge in [-0.05, 0) is 18.4 Å². The number of nitrogens with one attached hydrogen (secondary N) is 1. The van der Waals surface area contributed by atoms with Crippen LogP contribution in [0.1, 0.15) is 49.5 Å². The molecule has 2 aliphatic rings. The summed E-state index contributed by atoms with van der Waals surface area (Å²) in [6, 6.07) is 2.70. The molecule has 1 fully saturated rings. The van der Waals surface area contributed by atoms with Gasteiger partial charge in [0.05, 0.1) is 6.26 Å². The minimum Gasteiger partial charge on any atom is -0.469 e. The zero-order valence-electron chi connectivity index (χ0n) is 9.17. The van der Waals surface area contributed by atoms with Crippen molar-refractivity contribution >= 4 is 0 Å². The average molecular weight is 205 g/mol. The summed E-state index contributed by atoms with van der Waals surface area (Å²) < 4.78 is 5.49. The number of rotatable bonds is 4. The Bertz CT molecular complexity index is 327. The van der Waals surface area contributed by atoms with Crippen LogP contribution in [0.25, 0.3) is 0 Å². The van der Waals surface area contributed by atoms with Gasteiger partial charge in [0, 0.05) is 24.6 Å². The van der Waals surface area contributed by atoms with E-state index in [2.05, 4.69) is 11.4 Å². The Kier molecular flexibility index (Phi) is 2.53. The molecule has 0 spiro atoms. The second-order valence-corrected chi connectivity index (χ2v) is 4.93. The highest BCUT2D eigenvalue weighted by molar-refractivity contribution is 5.24. The molecular weight excluding hydrogens is 186 g/mol. The van der Waals surface area contributed by atoms with Gasteiger partial charge in [-0.25, -0.2) is 0 Å². The van der Waals surface area contributed by atoms with Crippen LogP contribution in [0.15, 0.2) is 16.7 Å². The van der Waals surface area contributed by atoms with E-state index in [-0.39, 0.29) is 0 Å². The van der Waals surface area contributed by atoms with E-state index in [0.29, 0.717) is 6.04 Å². The highest BCUT2D eigenvalue weighted by atomic mass is 16.3. The highest BCUT2D eigenvalue weighted by Gasteiger charge is 2.24. The first-order valence-electron chi connectivity index (χ1n) is 6.23. The van der Waals surface area contributed by atoms with Gasteiger partial charge in [0.2, 0.25) is 0 Å². The maximum Gasteiger partial charge on any atom is 0.109 e. The Labute approximate surface area is 91.0 Å². The van der Waals surface area contributed by atoms with E-state index < -0.39 is 0 Å². The predicted octanol–water partition coefficient (Wildman–Crippen LogP) is 3.05. The zero-order chi connectivity index (χ0) is 10.1. The van der Waals surface area contributed by atoms with Gasteiger partial charge in [-0.1, -0.05) is 25.7 Å². The summed E-state index contributed by atoms with van der Waals surface area (Å²) in [6.07, 6.45) is 9.94. The van der Waals surface area contributed by atoms with Gasteiger partial charge in [0.15, 0.2) is 0 Å². The molecule has 0 saturated heterocycles. The predicted molar refractivity (Wildman–Crippen MR) is 59.7 cm³/mol. The lowest BCUT2D eigenvalue weighted by Crippen LogP contribution is -2.28. The Morgan fingerprint density at radius 3 is 3.13 bits per heavy atom. The molecule has 0 aromatic carbocycles. The quantitative estimate of drug-likeness (QED) is 0.817. The molecule has 2 heterocycles. The van der Waals surface area contributed by atoms with Crippen molar-refractivity contribution in [1.82, 2.24) is 5.32 Å². The number of furan rings is 1. The topological polar surface area (TPSA) is 25.2 Å². The van der Waals surface area contributed by atoms with Crippen LogP contribution in [0.2, 0.25) is 0 Å². The SMILES string of the molecule is c1cc2c(o1)CCNC2CCCC1CC1. The normalized spacial score (nSPS) is 25.2. The summed E-state index contributed by atoms with van der Waals surface area (Å²) in [5.41, 5.74) is 1.41. The Balaban J connectivity index is 1.57. The van der Waals surface area contributed by atoms with Crippen LogP contribution in [-0.4, -0.2) is 6.54 Å². The van der Waals surface area contributed by atoms with E-state index in [4.69, 9.17) is 4.42 Å². The van der Waals surface area contributed by atoms with Crippen molar-refractivity contribution in [2.45, 2.75) is 44.6 Å². The first-order chi connectivity index (χ1) is 7.43. The van der Waals surface area contributed by atoms with Crippen molar-refractivity contribution in [3.05, 3.63) is 23.7 Å². The summed E-state index contributed by atoms with van der Waals surface area (Å²) in [4.78, 5) is 0. The number of hydrogen-bond donors (Lipinski definition) is 1. The lowest BCUT2D eigenvalue weighted by Gasteiger charge is -2.23. The Morgan fingerprint density at radius 1 is 1.33 bits per heavy atom. The van der Waals surface area contributed by atoms with Crippen molar-refractivity contribution in [2.24, 2.45) is 5.92 Å². The van der Waals surface area contributed by atoms with Crippen molar-refractivity contribution in [3.63, 3.8) is 0 Å². The third-order valence-electron chi connectivity index (χ3n) is 3.70. The van der Waals surface area contributed by atoms with Crippen molar-refractivity contribution in [2.75, 3.05) is 6.54 Å². The fraction of sp³-hybridized carbons (Fsp3) is 0.692. The standard InChI is InChI=1S/C13H19NO/c1(2-10-4-5-10)3-12-11-7-9-15-13(11)6-8-14-12/h7,9-10,12,14H,1-6,8H2. The van der Waals surface area contributed by atoms with Crippen molar-refractivity contribution < 1.29 is 4.42 Å². The van der Waals surface area contributed by atoms with E-state index in [1.165, 1.54) is 43.4 Å². The smallest absolute Gasteiger partial charge is 0.109 e. The van der Waals surface area contributed by atoms with Crippen LogP contribution in [0.5, 0.6) is 0 Å². The monoisotopic (exact) mass is 205 g/mol. The maximum absolute atomic E-state index is 5.49. The van der Waals surface area contributed by atoms with Gasteiger partial charge >= 0.3 is 0 Å². The minimum atomic E-state index is 0.561. The average Bonchev–Trinajstić information content (AvgIpc) is 2.95. The fourth-order valence-corrected chi connectivity index (χ4v) is 2.61. The summed E-state index contributed by atoms with van der Waals surface area (Å²) in [6.45, 7) is 1.08. The van der Waals surface area contributed by atoms with Crippen LogP contribution in [0.4, 0.5) is 0 Å². The van der Waals surface area contributed by atoms with Gasteiger partial charge in [-0.15, -0.1) is 0 Å². The second-order valence-electron chi connectivity index (χ2n) is 4.93. The molecule has 15 heavy (non-hydrogen) atoms. The van der Waals surface area contributed by atoms with Crippen LogP contribution in [0.3, 0.4) is 0 Å². The lowest BCUT2D eigenvalue weighted by atomic mass is 9.96. The highest BCUT2D eigenvalue weighted by Crippen LogP contribution is 2.35. The minimum absolute atomic E-state index is 0.561. The Morgan fingerprint density at radius 2 is 2.27 bits per heavy atom. The van der Waals surface area contributed by atoms with E-state index >= 15 is 0 Å². The van der Waals surface area contributed by atoms with Crippen LogP contribution >= 0.6 is 0 Å². The molecule has 0 radical (unpaired) electrons. The van der Waals surface area contributed by atoms with Crippen molar-refractivity contribution in [1.29, 1.82) is 0 Å². The van der Waals surface area contributed by atoms with Crippen LogP contribution in [0, 0.1) is 5.92 Å². The molecule has 1 aliphatic carbocycles. The molecule has 1 aromatic rings. The molecule has 1 atom stereocenters. The first kappa shape index (κ1) is 9.46. The number of hydrogen-bond acceptors (Lipinski definition) is 2. The summed E-state index contributed by atoms with van der Waals surface area (Å²) >= 11 is 0. The zero-order valence-corrected chi connectivity index (χ0v) is 9.17. The van der Waals surface area contributed by atoms with Gasteiger partial charge in [0.25, 0.3) is 0 Å². The van der Waals surface area contributed by atoms with E-state index in [9.17, 15) is 0 Å². The van der Waals surface area contributed by atoms with Gasteiger partial charge < -0.3 is 9.73 Å². The van der Waals surface area contributed by atoms with E-state index in [1.54, 1.807) is 0 Å². The summed E-state index contributed by atoms with van der Waals surface area (Å²) in [5.74, 6) is 2.28. The second kappa shape index (κ2) is 4.01. The van der Waals surface area contributed by atoms with Crippen LogP contribution < -0.4 is 5.32 Å². The lowest BCUT2D eigenvalue weighted by molar-refractivity contribution is 0.407. The third-order valence-corrected chi connectivity index (χ3v) is 3.70. The van der Waals surface area contributed by atoms with Gasteiger partial charge in [-0.3, -0.25) is 0 Å². The molecule has 1 N–H and O–H groups in total. The molecule has 1 unspecified atom stereocenters. The molecular formula is C13H19NO. The molecule has 2 nitrogen and oxygen atoms in total. The Hall–Kier alpha value is -0.760.